The maximum absolute atomic E-state index is 11.4. The van der Waals surface area contributed by atoms with E-state index in [1.54, 1.807) is 6.92 Å². The van der Waals surface area contributed by atoms with E-state index in [1.165, 1.54) is 0 Å². The van der Waals surface area contributed by atoms with Gasteiger partial charge in [0.2, 0.25) is 0 Å². The van der Waals surface area contributed by atoms with Gasteiger partial charge in [-0.05, 0) is 0 Å². The lowest BCUT2D eigenvalue weighted by Gasteiger charge is -2.29. The number of carbonyl (C=O) groups excluding carboxylic acids is 2. The van der Waals surface area contributed by atoms with Crippen LogP contribution < -0.4 is 16.4 Å². The summed E-state index contributed by atoms with van der Waals surface area (Å²) in [6, 6.07) is -0.559. The van der Waals surface area contributed by atoms with Crippen LogP contribution in [0.25, 0.3) is 0 Å². The largest absolute Gasteiger partial charge is 0.396 e. The quantitative estimate of drug-likeness (QED) is 0.441. The number of nitrogens with one attached hydrogen (secondary N) is 2. The molecule has 0 spiro atoms. The molecule has 1 fully saturated rings. The third-order valence-electron chi connectivity index (χ3n) is 2.41. The minimum atomic E-state index is -1.15. The van der Waals surface area contributed by atoms with E-state index in [0.29, 0.717) is 0 Å². The summed E-state index contributed by atoms with van der Waals surface area (Å²) in [5.74, 6) is -0.870. The second-order valence-corrected chi connectivity index (χ2v) is 3.17. The Morgan fingerprint density at radius 2 is 2.14 bits per heavy atom. The molecule has 1 rings (SSSR count). The van der Waals surface area contributed by atoms with E-state index in [1.807, 2.05) is 0 Å². The zero-order valence-corrected chi connectivity index (χ0v) is 8.56. The summed E-state index contributed by atoms with van der Waals surface area (Å²) in [6.45, 7) is 1.43. The van der Waals surface area contributed by atoms with Gasteiger partial charge in [0.1, 0.15) is 5.54 Å². The lowest BCUT2D eigenvalue weighted by Crippen LogP contribution is -2.58. The van der Waals surface area contributed by atoms with Gasteiger partial charge < -0.3 is 16.2 Å². The standard InChI is InChI=1S/C7H13N3O3.ClH/c1-4(2-11)7(3-8)5(12)9-6(13)10-7;/h4,11H,2-3,8H2,1H3,(H2,9,10,12,13);1H. The molecule has 2 atom stereocenters. The number of hydrogen-bond donors (Lipinski definition) is 4. The van der Waals surface area contributed by atoms with Crippen molar-refractivity contribution in [3.63, 3.8) is 0 Å². The van der Waals surface area contributed by atoms with E-state index in [-0.39, 0.29) is 25.6 Å². The van der Waals surface area contributed by atoms with Crippen molar-refractivity contribution in [2.24, 2.45) is 11.7 Å². The van der Waals surface area contributed by atoms with Gasteiger partial charge in [-0.3, -0.25) is 10.1 Å². The average Bonchev–Trinajstić information content (AvgIpc) is 2.40. The normalized spacial score (nSPS) is 27.6. The molecular formula is C7H14ClN3O3. The molecule has 0 radical (unpaired) electrons. The highest BCUT2D eigenvalue weighted by Crippen LogP contribution is 2.19. The van der Waals surface area contributed by atoms with Crippen molar-refractivity contribution < 1.29 is 14.7 Å². The second-order valence-electron chi connectivity index (χ2n) is 3.17. The van der Waals surface area contributed by atoms with Gasteiger partial charge in [-0.15, -0.1) is 12.4 Å². The molecule has 14 heavy (non-hydrogen) atoms. The number of halogens is 1. The fourth-order valence-electron chi connectivity index (χ4n) is 1.35. The Morgan fingerprint density at radius 1 is 1.57 bits per heavy atom. The summed E-state index contributed by atoms with van der Waals surface area (Å²) in [5, 5.41) is 13.4. The molecule has 0 aliphatic carbocycles. The van der Waals surface area contributed by atoms with Crippen LogP contribution in [0.1, 0.15) is 6.92 Å². The number of nitrogens with two attached hydrogens (primary N) is 1. The predicted molar refractivity (Wildman–Crippen MR) is 52.0 cm³/mol. The molecule has 2 unspecified atom stereocenters. The smallest absolute Gasteiger partial charge is 0.322 e. The van der Waals surface area contributed by atoms with Crippen LogP contribution >= 0.6 is 12.4 Å². The number of rotatable bonds is 3. The fourth-order valence-corrected chi connectivity index (χ4v) is 1.35. The molecule has 82 valence electrons. The van der Waals surface area contributed by atoms with E-state index in [9.17, 15) is 9.59 Å². The van der Waals surface area contributed by atoms with Gasteiger partial charge in [0.05, 0.1) is 0 Å². The summed E-state index contributed by atoms with van der Waals surface area (Å²) < 4.78 is 0. The summed E-state index contributed by atoms with van der Waals surface area (Å²) in [5.41, 5.74) is 4.26. The molecule has 1 saturated heterocycles. The Hall–Kier alpha value is -0.850. The SMILES string of the molecule is CC(CO)C1(CN)NC(=O)NC1=O.Cl. The number of aliphatic hydroxyl groups excluding tert-OH is 1. The third-order valence-corrected chi connectivity index (χ3v) is 2.41. The molecule has 0 saturated carbocycles. The fraction of sp³-hybridized carbons (Fsp3) is 0.714. The van der Waals surface area contributed by atoms with Crippen molar-refractivity contribution in [3.8, 4) is 0 Å². The van der Waals surface area contributed by atoms with Crippen LogP contribution in [0.5, 0.6) is 0 Å². The molecule has 1 aliphatic heterocycles. The van der Waals surface area contributed by atoms with Crippen molar-refractivity contribution >= 4 is 24.3 Å². The summed E-state index contributed by atoms with van der Waals surface area (Å²) in [7, 11) is 0. The molecule has 1 aliphatic rings. The van der Waals surface area contributed by atoms with Gasteiger partial charge >= 0.3 is 6.03 Å². The Kier molecular flexibility index (Phi) is 4.31. The minimum absolute atomic E-state index is 0. The third kappa shape index (κ3) is 1.82. The monoisotopic (exact) mass is 223 g/mol. The number of carbonyl (C=O) groups is 2. The zero-order chi connectivity index (χ0) is 10.1. The van der Waals surface area contributed by atoms with Crippen LogP contribution in [0, 0.1) is 5.92 Å². The predicted octanol–water partition coefficient (Wildman–Crippen LogP) is -1.43. The molecule has 3 amide bonds. The van der Waals surface area contributed by atoms with E-state index in [4.69, 9.17) is 10.8 Å². The minimum Gasteiger partial charge on any atom is -0.396 e. The maximum atomic E-state index is 11.4. The summed E-state index contributed by atoms with van der Waals surface area (Å²) in [4.78, 5) is 22.2. The molecule has 7 heteroatoms. The summed E-state index contributed by atoms with van der Waals surface area (Å²) >= 11 is 0. The van der Waals surface area contributed by atoms with Gasteiger partial charge in [0, 0.05) is 19.1 Å². The van der Waals surface area contributed by atoms with Crippen molar-refractivity contribution in [1.29, 1.82) is 0 Å². The Balaban J connectivity index is 0.00000169. The molecule has 0 aromatic rings. The number of imide groups is 1. The zero-order valence-electron chi connectivity index (χ0n) is 7.74. The van der Waals surface area contributed by atoms with Crippen molar-refractivity contribution in [2.45, 2.75) is 12.5 Å². The Labute approximate surface area is 87.6 Å². The van der Waals surface area contributed by atoms with Crippen LogP contribution in [0.15, 0.2) is 0 Å². The summed E-state index contributed by atoms with van der Waals surface area (Å²) in [6.07, 6.45) is 0. The molecule has 0 aromatic carbocycles. The number of urea groups is 1. The van der Waals surface area contributed by atoms with Crippen molar-refractivity contribution in [1.82, 2.24) is 10.6 Å². The van der Waals surface area contributed by atoms with Crippen LogP contribution in [0.3, 0.4) is 0 Å². The van der Waals surface area contributed by atoms with E-state index < -0.39 is 23.4 Å². The van der Waals surface area contributed by atoms with Crippen LogP contribution in [-0.2, 0) is 4.79 Å². The maximum Gasteiger partial charge on any atom is 0.322 e. The second kappa shape index (κ2) is 4.59. The van der Waals surface area contributed by atoms with E-state index in [0.717, 1.165) is 0 Å². The van der Waals surface area contributed by atoms with Crippen molar-refractivity contribution in [2.75, 3.05) is 13.2 Å². The molecule has 5 N–H and O–H groups in total. The van der Waals surface area contributed by atoms with E-state index in [2.05, 4.69) is 10.6 Å². The first-order valence-corrected chi connectivity index (χ1v) is 4.01. The topological polar surface area (TPSA) is 104 Å². The van der Waals surface area contributed by atoms with Gasteiger partial charge in [0.25, 0.3) is 5.91 Å². The molecule has 0 aromatic heterocycles. The lowest BCUT2D eigenvalue weighted by molar-refractivity contribution is -0.125. The highest BCUT2D eigenvalue weighted by atomic mass is 35.5. The average molecular weight is 224 g/mol. The molecule has 0 bridgehead atoms. The van der Waals surface area contributed by atoms with E-state index >= 15 is 0 Å². The lowest BCUT2D eigenvalue weighted by atomic mass is 9.86. The van der Waals surface area contributed by atoms with Gasteiger partial charge in [-0.1, -0.05) is 6.92 Å². The van der Waals surface area contributed by atoms with Gasteiger partial charge in [-0.25, -0.2) is 4.79 Å². The molecule has 6 nitrogen and oxygen atoms in total. The van der Waals surface area contributed by atoms with Crippen LogP contribution in [-0.4, -0.2) is 35.7 Å². The first-order valence-electron chi connectivity index (χ1n) is 4.01. The first-order chi connectivity index (χ1) is 6.06. The number of aliphatic hydroxyl groups is 1. The van der Waals surface area contributed by atoms with Crippen LogP contribution in [0.4, 0.5) is 4.79 Å². The van der Waals surface area contributed by atoms with Gasteiger partial charge in [-0.2, -0.15) is 0 Å². The van der Waals surface area contributed by atoms with Crippen molar-refractivity contribution in [3.05, 3.63) is 0 Å². The Morgan fingerprint density at radius 3 is 2.43 bits per heavy atom. The first kappa shape index (κ1) is 13.2. The number of amides is 3. The molecular weight excluding hydrogens is 210 g/mol. The highest BCUT2D eigenvalue weighted by Gasteiger charge is 2.48. The molecule has 1 heterocycles. The highest BCUT2D eigenvalue weighted by molar-refractivity contribution is 6.07. The van der Waals surface area contributed by atoms with Gasteiger partial charge in [0.15, 0.2) is 0 Å². The van der Waals surface area contributed by atoms with Crippen LogP contribution in [0.2, 0.25) is 0 Å². The Bertz CT molecular complexity index is 248. The number of hydrogen-bond acceptors (Lipinski definition) is 4.